The van der Waals surface area contributed by atoms with Crippen LogP contribution < -0.4 is 10.4 Å². The predicted molar refractivity (Wildman–Crippen MR) is 147 cm³/mol. The lowest BCUT2D eigenvalue weighted by molar-refractivity contribution is -0.0720. The molecule has 1 fully saturated rings. The Kier molecular flexibility index (Phi) is 13.2. The smallest absolute Gasteiger partial charge is 0.261 e. The van der Waals surface area contributed by atoms with E-state index in [2.05, 4.69) is 81.4 Å². The van der Waals surface area contributed by atoms with Gasteiger partial charge in [-0.15, -0.1) is 0 Å². The number of hydrogen-bond donors (Lipinski definition) is 0. The largest absolute Gasteiger partial charge is 0.405 e. The Bertz CT molecular complexity index is 787. The van der Waals surface area contributed by atoms with Crippen LogP contribution in [-0.2, 0) is 32.8 Å². The summed E-state index contributed by atoms with van der Waals surface area (Å²) in [5.41, 5.74) is 0. The third-order valence-corrected chi connectivity index (χ3v) is 11.3. The first-order valence-corrected chi connectivity index (χ1v) is 15.2. The minimum absolute atomic E-state index is 0.106. The van der Waals surface area contributed by atoms with Crippen molar-refractivity contribution in [2.75, 3.05) is 79.3 Å². The van der Waals surface area contributed by atoms with Gasteiger partial charge in [-0.05, 0) is 15.4 Å². The molecule has 0 radical (unpaired) electrons. The van der Waals surface area contributed by atoms with Crippen LogP contribution in [-0.4, -0.2) is 93.7 Å². The highest BCUT2D eigenvalue weighted by atomic mass is 28.4. The average molecular weight is 533 g/mol. The summed E-state index contributed by atoms with van der Waals surface area (Å²) in [4.78, 5) is 0. The Morgan fingerprint density at radius 2 is 1.03 bits per heavy atom. The molecule has 0 aromatic heterocycles. The van der Waals surface area contributed by atoms with Crippen molar-refractivity contribution in [1.29, 1.82) is 0 Å². The van der Waals surface area contributed by atoms with E-state index in [-0.39, 0.29) is 11.1 Å². The summed E-state index contributed by atoms with van der Waals surface area (Å²) < 4.78 is 41.5. The molecule has 1 aliphatic heterocycles. The highest BCUT2D eigenvalue weighted by Crippen LogP contribution is 2.36. The molecule has 7 nitrogen and oxygen atoms in total. The van der Waals surface area contributed by atoms with Gasteiger partial charge in [0.1, 0.15) is 6.10 Å². The maximum atomic E-state index is 7.07. The summed E-state index contributed by atoms with van der Waals surface area (Å²) in [6, 6.07) is 21.3. The van der Waals surface area contributed by atoms with Gasteiger partial charge >= 0.3 is 0 Å². The molecule has 1 heterocycles. The zero-order valence-electron chi connectivity index (χ0n) is 22.7. The van der Waals surface area contributed by atoms with E-state index in [1.807, 2.05) is 0 Å². The van der Waals surface area contributed by atoms with Crippen LogP contribution in [0.1, 0.15) is 20.8 Å². The molecule has 0 amide bonds. The van der Waals surface area contributed by atoms with Crippen molar-refractivity contribution in [1.82, 2.24) is 0 Å². The molecular weight excluding hydrogens is 488 g/mol. The van der Waals surface area contributed by atoms with Gasteiger partial charge in [-0.25, -0.2) is 0 Å². The zero-order valence-corrected chi connectivity index (χ0v) is 23.7. The second kappa shape index (κ2) is 16.4. The molecular formula is C29H44O7Si. The van der Waals surface area contributed by atoms with Gasteiger partial charge in [0.25, 0.3) is 8.32 Å². The van der Waals surface area contributed by atoms with E-state index in [0.717, 1.165) is 0 Å². The van der Waals surface area contributed by atoms with E-state index in [0.29, 0.717) is 79.3 Å². The average Bonchev–Trinajstić information content (AvgIpc) is 2.90. The molecule has 1 atom stereocenters. The van der Waals surface area contributed by atoms with E-state index in [1.165, 1.54) is 10.4 Å². The van der Waals surface area contributed by atoms with Crippen LogP contribution in [0, 0.1) is 0 Å². The third-order valence-electron chi connectivity index (χ3n) is 6.28. The summed E-state index contributed by atoms with van der Waals surface area (Å²) in [5, 5.41) is 2.38. The molecule has 0 N–H and O–H groups in total. The van der Waals surface area contributed by atoms with E-state index >= 15 is 0 Å². The molecule has 2 aromatic carbocycles. The third kappa shape index (κ3) is 9.57. The van der Waals surface area contributed by atoms with Gasteiger partial charge in [0.2, 0.25) is 0 Å². The highest BCUT2D eigenvalue weighted by Gasteiger charge is 2.50. The van der Waals surface area contributed by atoms with Crippen LogP contribution in [0.3, 0.4) is 0 Å². The predicted octanol–water partition coefficient (Wildman–Crippen LogP) is 3.04. The first-order chi connectivity index (χ1) is 18.0. The van der Waals surface area contributed by atoms with E-state index in [1.54, 1.807) is 0 Å². The zero-order chi connectivity index (χ0) is 26.2. The van der Waals surface area contributed by atoms with Crippen LogP contribution in [0.4, 0.5) is 0 Å². The van der Waals surface area contributed by atoms with Gasteiger partial charge in [0.05, 0.1) is 79.3 Å². The van der Waals surface area contributed by atoms with Crippen molar-refractivity contribution in [3.63, 3.8) is 0 Å². The topological polar surface area (TPSA) is 64.6 Å². The van der Waals surface area contributed by atoms with Crippen molar-refractivity contribution < 1.29 is 32.8 Å². The van der Waals surface area contributed by atoms with Crippen LogP contribution in [0.2, 0.25) is 5.04 Å². The molecule has 2 aromatic rings. The SMILES string of the molecule is CC(C)(C)[Si](OCC1COCCOCCOCCOCCOCCO1)(c1ccccc1)c1ccccc1. The summed E-state index contributed by atoms with van der Waals surface area (Å²) in [6.07, 6.45) is -0.233. The summed E-state index contributed by atoms with van der Waals surface area (Å²) in [5.74, 6) is 0. The van der Waals surface area contributed by atoms with Gasteiger partial charge in [-0.1, -0.05) is 81.4 Å². The summed E-state index contributed by atoms with van der Waals surface area (Å²) in [7, 11) is -2.66. The molecule has 8 heteroatoms. The van der Waals surface area contributed by atoms with Crippen LogP contribution in [0.5, 0.6) is 0 Å². The van der Waals surface area contributed by atoms with Crippen molar-refractivity contribution in [3.05, 3.63) is 60.7 Å². The first-order valence-electron chi connectivity index (χ1n) is 13.3. The molecule has 37 heavy (non-hydrogen) atoms. The standard InChI is InChI=1S/C29H44O7Si/c1-29(2,3)37(27-10-6-4-7-11-27,28-12-8-5-9-13-28)36-25-26-24-34-21-20-32-17-16-30-14-15-31-18-19-33-22-23-35-26/h4-13,26H,14-25H2,1-3H3. The Hall–Kier alpha value is -1.62. The fourth-order valence-electron chi connectivity index (χ4n) is 4.49. The highest BCUT2D eigenvalue weighted by molar-refractivity contribution is 6.99. The van der Waals surface area contributed by atoms with Gasteiger partial charge in [-0.2, -0.15) is 0 Å². The van der Waals surface area contributed by atoms with E-state index < -0.39 is 8.32 Å². The van der Waals surface area contributed by atoms with Crippen LogP contribution in [0.15, 0.2) is 60.7 Å². The Morgan fingerprint density at radius 3 is 1.46 bits per heavy atom. The minimum Gasteiger partial charge on any atom is -0.405 e. The second-order valence-corrected chi connectivity index (χ2v) is 14.3. The molecule has 206 valence electrons. The van der Waals surface area contributed by atoms with E-state index in [4.69, 9.17) is 32.8 Å². The molecule has 1 saturated heterocycles. The maximum absolute atomic E-state index is 7.07. The van der Waals surface area contributed by atoms with Gasteiger partial charge in [0, 0.05) is 0 Å². The number of ether oxygens (including phenoxy) is 6. The molecule has 1 unspecified atom stereocenters. The fourth-order valence-corrected chi connectivity index (χ4v) is 9.08. The van der Waals surface area contributed by atoms with Gasteiger partial charge in [0.15, 0.2) is 0 Å². The fraction of sp³-hybridized carbons (Fsp3) is 0.586. The summed E-state index contributed by atoms with van der Waals surface area (Å²) >= 11 is 0. The molecule has 0 saturated carbocycles. The number of rotatable bonds is 5. The molecule has 0 bridgehead atoms. The Labute approximate surface area is 223 Å². The van der Waals surface area contributed by atoms with Crippen LogP contribution >= 0.6 is 0 Å². The quantitative estimate of drug-likeness (QED) is 0.549. The van der Waals surface area contributed by atoms with E-state index in [9.17, 15) is 0 Å². The van der Waals surface area contributed by atoms with Gasteiger partial charge in [-0.3, -0.25) is 0 Å². The lowest BCUT2D eigenvalue weighted by atomic mass is 10.2. The van der Waals surface area contributed by atoms with Crippen molar-refractivity contribution in [2.24, 2.45) is 0 Å². The Morgan fingerprint density at radius 1 is 0.622 bits per heavy atom. The normalized spacial score (nSPS) is 20.6. The Balaban J connectivity index is 1.72. The van der Waals surface area contributed by atoms with Crippen molar-refractivity contribution in [3.8, 4) is 0 Å². The van der Waals surface area contributed by atoms with Crippen LogP contribution in [0.25, 0.3) is 0 Å². The first kappa shape index (κ1) is 29.9. The van der Waals surface area contributed by atoms with Gasteiger partial charge < -0.3 is 32.8 Å². The molecule has 0 spiro atoms. The number of hydrogen-bond acceptors (Lipinski definition) is 7. The second-order valence-electron chi connectivity index (χ2n) is 9.99. The lowest BCUT2D eigenvalue weighted by Gasteiger charge is -2.43. The summed E-state index contributed by atoms with van der Waals surface area (Å²) in [6.45, 7) is 12.8. The minimum atomic E-state index is -2.66. The lowest BCUT2D eigenvalue weighted by Crippen LogP contribution is -2.67. The monoisotopic (exact) mass is 532 g/mol. The molecule has 0 aliphatic carbocycles. The number of benzene rings is 2. The van der Waals surface area contributed by atoms with Crippen molar-refractivity contribution in [2.45, 2.75) is 31.9 Å². The maximum Gasteiger partial charge on any atom is 0.261 e. The van der Waals surface area contributed by atoms with Crippen molar-refractivity contribution >= 4 is 18.7 Å². The molecule has 3 rings (SSSR count). The molecule has 1 aliphatic rings.